The van der Waals surface area contributed by atoms with E-state index in [4.69, 9.17) is 0 Å². The van der Waals surface area contributed by atoms with Gasteiger partial charge in [0.15, 0.2) is 5.78 Å². The van der Waals surface area contributed by atoms with Crippen molar-refractivity contribution in [2.24, 2.45) is 5.41 Å². The highest BCUT2D eigenvalue weighted by atomic mass is 19.3. The van der Waals surface area contributed by atoms with Gasteiger partial charge in [0.1, 0.15) is 0 Å². The molecule has 0 N–H and O–H groups in total. The number of hydrogen-bond acceptors (Lipinski definition) is 2. The molecule has 0 unspecified atom stereocenters. The van der Waals surface area contributed by atoms with Crippen LogP contribution in [0.1, 0.15) is 33.6 Å². The summed E-state index contributed by atoms with van der Waals surface area (Å²) in [7, 11) is 0. The molecular weight excluding hydrogens is 200 g/mol. The fraction of sp³-hybridized carbons (Fsp3) is 0.909. The van der Waals surface area contributed by atoms with Crippen molar-refractivity contribution in [3.05, 3.63) is 0 Å². The molecule has 2 nitrogen and oxygen atoms in total. The van der Waals surface area contributed by atoms with Crippen LogP contribution < -0.4 is 0 Å². The van der Waals surface area contributed by atoms with Crippen LogP contribution in [0.25, 0.3) is 0 Å². The Morgan fingerprint density at radius 1 is 1.40 bits per heavy atom. The van der Waals surface area contributed by atoms with Crippen LogP contribution in [-0.4, -0.2) is 36.2 Å². The van der Waals surface area contributed by atoms with Gasteiger partial charge in [-0.1, -0.05) is 20.8 Å². The maximum absolute atomic E-state index is 13.0. The minimum atomic E-state index is -2.61. The van der Waals surface area contributed by atoms with Gasteiger partial charge in [0.2, 0.25) is 0 Å². The number of ketones is 1. The average Bonchev–Trinajstić information content (AvgIpc) is 2.00. The van der Waals surface area contributed by atoms with Crippen molar-refractivity contribution in [2.75, 3.05) is 19.6 Å². The summed E-state index contributed by atoms with van der Waals surface area (Å²) < 4.78 is 26.1. The standard InChI is InChI=1S/C11H19F2NO/c1-10(2,3)9(15)7-14-6-4-5-11(12,13)8-14/h4-8H2,1-3H3. The van der Waals surface area contributed by atoms with Crippen LogP contribution in [0.4, 0.5) is 8.78 Å². The van der Waals surface area contributed by atoms with E-state index in [0.717, 1.165) is 0 Å². The molecule has 1 aliphatic rings. The number of hydrogen-bond donors (Lipinski definition) is 0. The van der Waals surface area contributed by atoms with Gasteiger partial charge < -0.3 is 0 Å². The van der Waals surface area contributed by atoms with Crippen molar-refractivity contribution in [1.29, 1.82) is 0 Å². The third kappa shape index (κ3) is 3.86. The molecule has 0 atom stereocenters. The molecule has 4 heteroatoms. The van der Waals surface area contributed by atoms with E-state index in [1.807, 2.05) is 20.8 Å². The second-order valence-electron chi connectivity index (χ2n) is 5.34. The van der Waals surface area contributed by atoms with Gasteiger partial charge in [0.05, 0.1) is 13.1 Å². The number of Topliss-reactive ketones (excluding diaryl/α,β-unsaturated/α-hetero) is 1. The van der Waals surface area contributed by atoms with Gasteiger partial charge in [0.25, 0.3) is 5.92 Å². The number of carbonyl (C=O) groups excluding carboxylic acids is 1. The van der Waals surface area contributed by atoms with Crippen LogP contribution >= 0.6 is 0 Å². The van der Waals surface area contributed by atoms with Crippen LogP contribution in [0.3, 0.4) is 0 Å². The number of nitrogens with zero attached hydrogens (tertiary/aromatic N) is 1. The SMILES string of the molecule is CC(C)(C)C(=O)CN1CCCC(F)(F)C1. The van der Waals surface area contributed by atoms with Crippen molar-refractivity contribution in [2.45, 2.75) is 39.5 Å². The Bertz CT molecular complexity index is 245. The smallest absolute Gasteiger partial charge is 0.260 e. The number of rotatable bonds is 2. The van der Waals surface area contributed by atoms with Crippen LogP contribution in [0.5, 0.6) is 0 Å². The Hall–Kier alpha value is -0.510. The fourth-order valence-corrected chi connectivity index (χ4v) is 1.62. The molecule has 0 aromatic heterocycles. The zero-order valence-electron chi connectivity index (χ0n) is 9.65. The molecule has 0 aromatic carbocycles. The van der Waals surface area contributed by atoms with E-state index in [-0.39, 0.29) is 25.3 Å². The van der Waals surface area contributed by atoms with E-state index in [2.05, 4.69) is 0 Å². The Labute approximate surface area is 89.6 Å². The van der Waals surface area contributed by atoms with Gasteiger partial charge >= 0.3 is 0 Å². The van der Waals surface area contributed by atoms with Gasteiger partial charge in [-0.05, 0) is 13.0 Å². The fourth-order valence-electron chi connectivity index (χ4n) is 1.62. The molecule has 0 aromatic rings. The summed E-state index contributed by atoms with van der Waals surface area (Å²) in [5, 5.41) is 0. The minimum Gasteiger partial charge on any atom is -0.298 e. The van der Waals surface area contributed by atoms with Crippen LogP contribution in [0, 0.1) is 5.41 Å². The first-order valence-corrected chi connectivity index (χ1v) is 5.34. The zero-order chi connectivity index (χ0) is 11.7. The lowest BCUT2D eigenvalue weighted by Gasteiger charge is -2.33. The summed E-state index contributed by atoms with van der Waals surface area (Å²) >= 11 is 0. The minimum absolute atomic E-state index is 0.0280. The Morgan fingerprint density at radius 3 is 2.47 bits per heavy atom. The lowest BCUT2D eigenvalue weighted by molar-refractivity contribution is -0.130. The molecule has 0 saturated carbocycles. The highest BCUT2D eigenvalue weighted by Crippen LogP contribution is 2.27. The maximum Gasteiger partial charge on any atom is 0.260 e. The summed E-state index contributed by atoms with van der Waals surface area (Å²) in [6, 6.07) is 0. The monoisotopic (exact) mass is 219 g/mol. The Balaban J connectivity index is 2.49. The van der Waals surface area contributed by atoms with Gasteiger partial charge in [-0.15, -0.1) is 0 Å². The van der Waals surface area contributed by atoms with Gasteiger partial charge in [-0.25, -0.2) is 8.78 Å². The zero-order valence-corrected chi connectivity index (χ0v) is 9.65. The molecule has 1 aliphatic heterocycles. The second-order valence-corrected chi connectivity index (χ2v) is 5.34. The molecular formula is C11H19F2NO. The molecule has 1 rings (SSSR count). The van der Waals surface area contributed by atoms with Crippen LogP contribution in [0.15, 0.2) is 0 Å². The molecule has 0 amide bonds. The summed E-state index contributed by atoms with van der Waals surface area (Å²) in [4.78, 5) is 13.2. The Kier molecular flexibility index (Phi) is 3.48. The highest BCUT2D eigenvalue weighted by Gasteiger charge is 2.36. The maximum atomic E-state index is 13.0. The van der Waals surface area contributed by atoms with Gasteiger partial charge in [-0.2, -0.15) is 0 Å². The summed E-state index contributed by atoms with van der Waals surface area (Å²) in [6.07, 6.45) is 0.428. The molecule has 0 spiro atoms. The van der Waals surface area contributed by atoms with Crippen molar-refractivity contribution in [1.82, 2.24) is 4.90 Å². The summed E-state index contributed by atoms with van der Waals surface area (Å²) in [5.74, 6) is -2.59. The van der Waals surface area contributed by atoms with Gasteiger partial charge in [-0.3, -0.25) is 9.69 Å². The van der Waals surface area contributed by atoms with Gasteiger partial charge in [0, 0.05) is 11.8 Å². The first-order chi connectivity index (χ1) is 6.71. The van der Waals surface area contributed by atoms with Crippen molar-refractivity contribution < 1.29 is 13.6 Å². The largest absolute Gasteiger partial charge is 0.298 e. The molecule has 0 radical (unpaired) electrons. The van der Waals surface area contributed by atoms with E-state index < -0.39 is 11.3 Å². The number of carbonyl (C=O) groups is 1. The van der Waals surface area contributed by atoms with E-state index in [1.165, 1.54) is 0 Å². The quantitative estimate of drug-likeness (QED) is 0.710. The topological polar surface area (TPSA) is 20.3 Å². The number of halogens is 2. The lowest BCUT2D eigenvalue weighted by atomic mass is 9.90. The molecule has 0 aliphatic carbocycles. The average molecular weight is 219 g/mol. The second kappa shape index (κ2) is 4.16. The highest BCUT2D eigenvalue weighted by molar-refractivity contribution is 5.85. The third-order valence-electron chi connectivity index (χ3n) is 2.68. The van der Waals surface area contributed by atoms with Crippen molar-refractivity contribution in [3.63, 3.8) is 0 Å². The van der Waals surface area contributed by atoms with Crippen molar-refractivity contribution in [3.8, 4) is 0 Å². The Morgan fingerprint density at radius 2 is 2.00 bits per heavy atom. The number of piperidine rings is 1. The lowest BCUT2D eigenvalue weighted by Crippen LogP contribution is -2.46. The molecule has 0 bridgehead atoms. The number of alkyl halides is 2. The normalized spacial score (nSPS) is 22.7. The van der Waals surface area contributed by atoms with Crippen LogP contribution in [0.2, 0.25) is 0 Å². The first-order valence-electron chi connectivity index (χ1n) is 5.34. The third-order valence-corrected chi connectivity index (χ3v) is 2.68. The predicted molar refractivity (Wildman–Crippen MR) is 55.1 cm³/mol. The predicted octanol–water partition coefficient (Wildman–Crippen LogP) is 2.33. The van der Waals surface area contributed by atoms with Crippen molar-refractivity contribution >= 4 is 5.78 Å². The molecule has 1 saturated heterocycles. The molecule has 1 heterocycles. The summed E-state index contributed by atoms with van der Waals surface area (Å²) in [6.45, 7) is 5.94. The number of likely N-dealkylation sites (tertiary alicyclic amines) is 1. The molecule has 15 heavy (non-hydrogen) atoms. The van der Waals surface area contributed by atoms with Crippen LogP contribution in [-0.2, 0) is 4.79 Å². The summed E-state index contributed by atoms with van der Waals surface area (Å²) in [5.41, 5.74) is -0.438. The van der Waals surface area contributed by atoms with E-state index in [9.17, 15) is 13.6 Å². The molecule has 88 valence electrons. The first kappa shape index (κ1) is 12.6. The van der Waals surface area contributed by atoms with E-state index in [0.29, 0.717) is 13.0 Å². The molecule has 1 fully saturated rings. The van der Waals surface area contributed by atoms with E-state index >= 15 is 0 Å². The van der Waals surface area contributed by atoms with E-state index in [1.54, 1.807) is 4.90 Å².